The van der Waals surface area contributed by atoms with Crippen LogP contribution in [0.15, 0.2) is 30.3 Å². The predicted molar refractivity (Wildman–Crippen MR) is 106 cm³/mol. The fraction of sp³-hybridized carbons (Fsp3) is 0.667. The van der Waals surface area contributed by atoms with Crippen molar-refractivity contribution in [2.45, 2.75) is 50.9 Å². The van der Waals surface area contributed by atoms with Crippen LogP contribution in [0.4, 0.5) is 0 Å². The molecule has 1 N–H and O–H groups in total. The monoisotopic (exact) mass is 364 g/mol. The van der Waals surface area contributed by atoms with Crippen molar-refractivity contribution < 1.29 is 4.79 Å². The minimum Gasteiger partial charge on any atom is -0.343 e. The average Bonchev–Trinajstić information content (AvgIpc) is 2.64. The summed E-state index contributed by atoms with van der Waals surface area (Å²) in [5, 5.41) is 3.26. The van der Waals surface area contributed by atoms with Gasteiger partial charge in [0.1, 0.15) is 0 Å². The van der Waals surface area contributed by atoms with Crippen LogP contribution in [-0.2, 0) is 4.79 Å². The topological polar surface area (TPSA) is 32.3 Å². The van der Waals surface area contributed by atoms with Crippen molar-refractivity contribution in [2.75, 3.05) is 26.7 Å². The van der Waals surface area contributed by atoms with Crippen LogP contribution in [0.3, 0.4) is 0 Å². The Bertz CT molecular complexity index is 506. The number of nitrogens with zero attached hydrogens (tertiary/aromatic N) is 1. The second kappa shape index (κ2) is 10.2. The summed E-state index contributed by atoms with van der Waals surface area (Å²) in [6, 6.07) is 10.9. The van der Waals surface area contributed by atoms with E-state index in [9.17, 15) is 4.79 Å². The maximum atomic E-state index is 12.6. The molecule has 0 spiro atoms. The van der Waals surface area contributed by atoms with Crippen molar-refractivity contribution in [3.8, 4) is 0 Å². The lowest BCUT2D eigenvalue weighted by atomic mass is 9.77. The van der Waals surface area contributed by atoms with E-state index in [1.165, 1.54) is 31.2 Å². The largest absolute Gasteiger partial charge is 0.343 e. The Kier molecular flexibility index (Phi) is 8.25. The summed E-state index contributed by atoms with van der Waals surface area (Å²) in [4.78, 5) is 14.7. The van der Waals surface area contributed by atoms with Gasteiger partial charge < -0.3 is 10.2 Å². The van der Waals surface area contributed by atoms with Crippen LogP contribution in [0.5, 0.6) is 0 Å². The van der Waals surface area contributed by atoms with Gasteiger partial charge in [0.15, 0.2) is 0 Å². The van der Waals surface area contributed by atoms with Crippen LogP contribution >= 0.6 is 12.4 Å². The Balaban J connectivity index is 0.00000225. The van der Waals surface area contributed by atoms with Crippen molar-refractivity contribution in [2.24, 2.45) is 11.8 Å². The van der Waals surface area contributed by atoms with E-state index in [1.807, 2.05) is 7.05 Å². The van der Waals surface area contributed by atoms with Gasteiger partial charge in [-0.2, -0.15) is 0 Å². The summed E-state index contributed by atoms with van der Waals surface area (Å²) >= 11 is 0. The molecule has 1 saturated carbocycles. The first-order valence-corrected chi connectivity index (χ1v) is 9.73. The molecule has 4 heteroatoms. The molecule has 25 heavy (non-hydrogen) atoms. The van der Waals surface area contributed by atoms with E-state index < -0.39 is 0 Å². The summed E-state index contributed by atoms with van der Waals surface area (Å²) in [6.45, 7) is 3.01. The van der Waals surface area contributed by atoms with Gasteiger partial charge in [-0.05, 0) is 75.4 Å². The average molecular weight is 365 g/mol. The lowest BCUT2D eigenvalue weighted by Crippen LogP contribution is -2.41. The SMILES string of the molecule is CNCC1CCN(C(=O)CC2CCC(c3ccccc3)CC2)CC1.Cl. The molecule has 0 bridgehead atoms. The van der Waals surface area contributed by atoms with Crippen molar-refractivity contribution in [3.05, 3.63) is 35.9 Å². The number of carbonyl (C=O) groups is 1. The maximum Gasteiger partial charge on any atom is 0.222 e. The molecular formula is C21H33ClN2O. The van der Waals surface area contributed by atoms with Crippen molar-refractivity contribution in [3.63, 3.8) is 0 Å². The Hall–Kier alpha value is -1.06. The van der Waals surface area contributed by atoms with E-state index in [0.29, 0.717) is 17.7 Å². The first kappa shape index (κ1) is 20.3. The number of nitrogens with one attached hydrogen (secondary N) is 1. The third kappa shape index (κ3) is 5.72. The number of rotatable bonds is 5. The number of halogens is 1. The molecule has 1 heterocycles. The van der Waals surface area contributed by atoms with Gasteiger partial charge in [0.2, 0.25) is 5.91 Å². The van der Waals surface area contributed by atoms with E-state index in [4.69, 9.17) is 0 Å². The fourth-order valence-corrected chi connectivity index (χ4v) is 4.48. The summed E-state index contributed by atoms with van der Waals surface area (Å²) in [5.41, 5.74) is 1.48. The van der Waals surface area contributed by atoms with E-state index in [0.717, 1.165) is 44.8 Å². The molecule has 1 aliphatic heterocycles. The number of benzene rings is 1. The minimum atomic E-state index is 0. The van der Waals surface area contributed by atoms with Crippen LogP contribution in [0.1, 0.15) is 56.4 Å². The molecule has 3 nitrogen and oxygen atoms in total. The van der Waals surface area contributed by atoms with Gasteiger partial charge in [0, 0.05) is 19.5 Å². The quantitative estimate of drug-likeness (QED) is 0.847. The van der Waals surface area contributed by atoms with Crippen LogP contribution in [-0.4, -0.2) is 37.5 Å². The summed E-state index contributed by atoms with van der Waals surface area (Å²) < 4.78 is 0. The zero-order valence-corrected chi connectivity index (χ0v) is 16.3. The molecular weight excluding hydrogens is 332 g/mol. The molecule has 1 aliphatic carbocycles. The third-order valence-corrected chi connectivity index (χ3v) is 6.04. The smallest absolute Gasteiger partial charge is 0.222 e. The normalized spacial score (nSPS) is 24.6. The van der Waals surface area contributed by atoms with Crippen LogP contribution in [0.2, 0.25) is 0 Å². The highest BCUT2D eigenvalue weighted by atomic mass is 35.5. The first-order chi connectivity index (χ1) is 11.8. The highest BCUT2D eigenvalue weighted by Gasteiger charge is 2.27. The molecule has 0 unspecified atom stereocenters. The predicted octanol–water partition coefficient (Wildman–Crippen LogP) is 4.23. The first-order valence-electron chi connectivity index (χ1n) is 9.73. The number of hydrogen-bond donors (Lipinski definition) is 1. The Labute approximate surface area is 159 Å². The second-order valence-corrected chi connectivity index (χ2v) is 7.71. The molecule has 2 aliphatic rings. The number of hydrogen-bond acceptors (Lipinski definition) is 2. The lowest BCUT2D eigenvalue weighted by Gasteiger charge is -2.34. The molecule has 140 valence electrons. The molecule has 1 aromatic rings. The van der Waals surface area contributed by atoms with Crippen molar-refractivity contribution in [1.29, 1.82) is 0 Å². The standard InChI is InChI=1S/C21H32N2O.ClH/c1-22-16-18-11-13-23(14-12-18)21(24)15-17-7-9-20(10-8-17)19-5-3-2-4-6-19;/h2-6,17-18,20,22H,7-16H2,1H3;1H. The Morgan fingerprint density at radius 2 is 1.64 bits per heavy atom. The lowest BCUT2D eigenvalue weighted by molar-refractivity contribution is -0.133. The Morgan fingerprint density at radius 3 is 2.24 bits per heavy atom. The van der Waals surface area contributed by atoms with Crippen molar-refractivity contribution >= 4 is 18.3 Å². The van der Waals surface area contributed by atoms with E-state index in [-0.39, 0.29) is 12.4 Å². The van der Waals surface area contributed by atoms with E-state index >= 15 is 0 Å². The van der Waals surface area contributed by atoms with Gasteiger partial charge >= 0.3 is 0 Å². The minimum absolute atomic E-state index is 0. The number of amides is 1. The highest BCUT2D eigenvalue weighted by molar-refractivity contribution is 5.85. The zero-order chi connectivity index (χ0) is 16.8. The Morgan fingerprint density at radius 1 is 1.00 bits per heavy atom. The van der Waals surface area contributed by atoms with E-state index in [1.54, 1.807) is 0 Å². The van der Waals surface area contributed by atoms with Gasteiger partial charge in [-0.15, -0.1) is 12.4 Å². The van der Waals surface area contributed by atoms with Crippen LogP contribution < -0.4 is 5.32 Å². The van der Waals surface area contributed by atoms with Gasteiger partial charge in [-0.3, -0.25) is 4.79 Å². The number of likely N-dealkylation sites (tertiary alicyclic amines) is 1. The summed E-state index contributed by atoms with van der Waals surface area (Å²) in [7, 11) is 2.02. The second-order valence-electron chi connectivity index (χ2n) is 7.71. The highest BCUT2D eigenvalue weighted by Crippen LogP contribution is 2.37. The number of piperidine rings is 1. The molecule has 2 fully saturated rings. The van der Waals surface area contributed by atoms with Gasteiger partial charge in [0.25, 0.3) is 0 Å². The maximum absolute atomic E-state index is 12.6. The van der Waals surface area contributed by atoms with Gasteiger partial charge in [-0.25, -0.2) is 0 Å². The zero-order valence-electron chi connectivity index (χ0n) is 15.5. The summed E-state index contributed by atoms with van der Waals surface area (Å²) in [6.07, 6.45) is 8.00. The number of carbonyl (C=O) groups excluding carboxylic acids is 1. The van der Waals surface area contributed by atoms with E-state index in [2.05, 4.69) is 40.5 Å². The van der Waals surface area contributed by atoms with Gasteiger partial charge in [0.05, 0.1) is 0 Å². The molecule has 1 saturated heterocycles. The van der Waals surface area contributed by atoms with Crippen LogP contribution in [0.25, 0.3) is 0 Å². The fourth-order valence-electron chi connectivity index (χ4n) is 4.48. The van der Waals surface area contributed by atoms with Crippen molar-refractivity contribution in [1.82, 2.24) is 10.2 Å². The third-order valence-electron chi connectivity index (χ3n) is 6.04. The van der Waals surface area contributed by atoms with Gasteiger partial charge in [-0.1, -0.05) is 30.3 Å². The van der Waals surface area contributed by atoms with Crippen LogP contribution in [0, 0.1) is 11.8 Å². The molecule has 0 atom stereocenters. The molecule has 1 amide bonds. The molecule has 3 rings (SSSR count). The molecule has 0 aromatic heterocycles. The molecule has 1 aromatic carbocycles. The summed E-state index contributed by atoms with van der Waals surface area (Å²) in [5.74, 6) is 2.46. The molecule has 0 radical (unpaired) electrons.